The van der Waals surface area contributed by atoms with Crippen molar-refractivity contribution in [1.82, 2.24) is 10.2 Å². The second kappa shape index (κ2) is 6.60. The Balaban J connectivity index is 0.00000144. The van der Waals surface area contributed by atoms with Crippen LogP contribution in [0, 0.1) is 0 Å². The van der Waals surface area contributed by atoms with E-state index in [4.69, 9.17) is 11.6 Å². The number of nitrogens with one attached hydrogen (secondary N) is 1. The van der Waals surface area contributed by atoms with E-state index >= 15 is 0 Å². The van der Waals surface area contributed by atoms with Crippen LogP contribution < -0.4 is 5.32 Å². The van der Waals surface area contributed by atoms with Gasteiger partial charge in [0.15, 0.2) is 0 Å². The highest BCUT2D eigenvalue weighted by Crippen LogP contribution is 2.13. The van der Waals surface area contributed by atoms with Gasteiger partial charge >= 0.3 is 0 Å². The predicted octanol–water partition coefficient (Wildman–Crippen LogP) is 2.94. The molecule has 1 heterocycles. The molecule has 0 radical (unpaired) electrons. The topological polar surface area (TPSA) is 15.3 Å². The average Bonchev–Trinajstić information content (AvgIpc) is 2.20. The molecule has 1 aromatic carbocycles. The molecule has 17 heavy (non-hydrogen) atoms. The summed E-state index contributed by atoms with van der Waals surface area (Å²) in [5.41, 5.74) is 1.34. The molecule has 2 nitrogen and oxygen atoms in total. The maximum absolute atomic E-state index is 5.88. The highest BCUT2D eigenvalue weighted by molar-refractivity contribution is 6.30. The third-order valence-electron chi connectivity index (χ3n) is 2.95. The van der Waals surface area contributed by atoms with Crippen molar-refractivity contribution in [3.05, 3.63) is 34.9 Å². The fourth-order valence-corrected chi connectivity index (χ4v) is 2.54. The molecule has 1 N–H and O–H groups in total. The molecule has 0 amide bonds. The Kier molecular flexibility index (Phi) is 5.74. The van der Waals surface area contributed by atoms with Crippen LogP contribution in [0.3, 0.4) is 0 Å². The van der Waals surface area contributed by atoms with Crippen molar-refractivity contribution >= 4 is 24.0 Å². The maximum Gasteiger partial charge on any atom is 0.0406 e. The van der Waals surface area contributed by atoms with Crippen LogP contribution in [-0.4, -0.2) is 30.1 Å². The molecule has 4 heteroatoms. The zero-order valence-corrected chi connectivity index (χ0v) is 11.9. The van der Waals surface area contributed by atoms with Crippen molar-refractivity contribution in [2.24, 2.45) is 0 Å². The van der Waals surface area contributed by atoms with E-state index in [-0.39, 0.29) is 12.4 Å². The molecule has 2 rings (SSSR count). The van der Waals surface area contributed by atoms with Crippen molar-refractivity contribution in [1.29, 1.82) is 0 Å². The molecule has 0 spiro atoms. The summed E-state index contributed by atoms with van der Waals surface area (Å²) in [6.07, 6.45) is 0. The molecule has 1 saturated heterocycles. The monoisotopic (exact) mass is 274 g/mol. The normalized spacial score (nSPS) is 25.4. The van der Waals surface area contributed by atoms with Gasteiger partial charge in [0.1, 0.15) is 0 Å². The van der Waals surface area contributed by atoms with E-state index in [1.54, 1.807) is 0 Å². The fourth-order valence-electron chi connectivity index (χ4n) is 2.42. The van der Waals surface area contributed by atoms with Crippen LogP contribution in [0.5, 0.6) is 0 Å². The van der Waals surface area contributed by atoms with Crippen LogP contribution in [0.4, 0.5) is 0 Å². The Morgan fingerprint density at radius 1 is 1.18 bits per heavy atom. The van der Waals surface area contributed by atoms with E-state index < -0.39 is 0 Å². The quantitative estimate of drug-likeness (QED) is 0.892. The van der Waals surface area contributed by atoms with Gasteiger partial charge in [0.25, 0.3) is 0 Å². The lowest BCUT2D eigenvalue weighted by Crippen LogP contribution is -2.53. The molecule has 2 unspecified atom stereocenters. The van der Waals surface area contributed by atoms with Crippen LogP contribution in [0.1, 0.15) is 19.4 Å². The molecule has 0 aliphatic carbocycles. The molecular formula is C13H20Cl2N2. The summed E-state index contributed by atoms with van der Waals surface area (Å²) in [6.45, 7) is 7.74. The third kappa shape index (κ3) is 4.47. The second-order valence-corrected chi connectivity index (χ2v) is 5.23. The number of nitrogens with zero attached hydrogens (tertiary/aromatic N) is 1. The van der Waals surface area contributed by atoms with Crippen molar-refractivity contribution in [2.45, 2.75) is 32.5 Å². The van der Waals surface area contributed by atoms with Gasteiger partial charge in [-0.05, 0) is 31.5 Å². The highest BCUT2D eigenvalue weighted by Gasteiger charge is 2.20. The van der Waals surface area contributed by atoms with Crippen molar-refractivity contribution in [3.63, 3.8) is 0 Å². The minimum atomic E-state index is 0. The number of rotatable bonds is 2. The molecule has 1 aromatic rings. The van der Waals surface area contributed by atoms with E-state index in [1.807, 2.05) is 12.1 Å². The van der Waals surface area contributed by atoms with Crippen LogP contribution in [-0.2, 0) is 6.54 Å². The molecular weight excluding hydrogens is 255 g/mol. The van der Waals surface area contributed by atoms with Crippen LogP contribution in [0.2, 0.25) is 5.02 Å². The first kappa shape index (κ1) is 14.8. The van der Waals surface area contributed by atoms with Crippen LogP contribution >= 0.6 is 24.0 Å². The van der Waals surface area contributed by atoms with Gasteiger partial charge in [-0.15, -0.1) is 12.4 Å². The minimum Gasteiger partial charge on any atom is -0.309 e. The van der Waals surface area contributed by atoms with Gasteiger partial charge in [-0.25, -0.2) is 0 Å². The Hall–Kier alpha value is -0.280. The summed E-state index contributed by atoms with van der Waals surface area (Å²) in [6, 6.07) is 9.31. The molecule has 1 aliphatic rings. The second-order valence-electron chi connectivity index (χ2n) is 4.79. The first-order chi connectivity index (χ1) is 7.63. The minimum absolute atomic E-state index is 0. The van der Waals surface area contributed by atoms with Crippen molar-refractivity contribution < 1.29 is 0 Å². The maximum atomic E-state index is 5.88. The summed E-state index contributed by atoms with van der Waals surface area (Å²) in [7, 11) is 0. The van der Waals surface area contributed by atoms with Gasteiger partial charge in [-0.1, -0.05) is 23.7 Å². The molecule has 96 valence electrons. The largest absolute Gasteiger partial charge is 0.309 e. The van der Waals surface area contributed by atoms with Gasteiger partial charge < -0.3 is 5.32 Å². The van der Waals surface area contributed by atoms with E-state index in [2.05, 4.69) is 36.2 Å². The van der Waals surface area contributed by atoms with Gasteiger partial charge in [0.2, 0.25) is 0 Å². The van der Waals surface area contributed by atoms with E-state index in [9.17, 15) is 0 Å². The molecule has 2 atom stereocenters. The Labute approximate surface area is 115 Å². The van der Waals surface area contributed by atoms with E-state index in [0.29, 0.717) is 12.1 Å². The summed E-state index contributed by atoms with van der Waals surface area (Å²) in [4.78, 5) is 2.50. The summed E-state index contributed by atoms with van der Waals surface area (Å²) in [5, 5.41) is 4.35. The molecule has 1 aliphatic heterocycles. The Morgan fingerprint density at radius 3 is 2.24 bits per heavy atom. The Morgan fingerprint density at radius 2 is 1.71 bits per heavy atom. The first-order valence-electron chi connectivity index (χ1n) is 5.86. The lowest BCUT2D eigenvalue weighted by atomic mass is 10.1. The first-order valence-corrected chi connectivity index (χ1v) is 6.24. The number of halogens is 2. The molecule has 0 aromatic heterocycles. The van der Waals surface area contributed by atoms with Crippen molar-refractivity contribution in [2.75, 3.05) is 13.1 Å². The van der Waals surface area contributed by atoms with Crippen LogP contribution in [0.25, 0.3) is 0 Å². The number of hydrogen-bond donors (Lipinski definition) is 1. The van der Waals surface area contributed by atoms with Gasteiger partial charge in [0, 0.05) is 36.7 Å². The SMILES string of the molecule is CC1CN(Cc2ccc(Cl)cc2)CC(C)N1.Cl. The third-order valence-corrected chi connectivity index (χ3v) is 3.20. The van der Waals surface area contributed by atoms with Gasteiger partial charge in [-0.3, -0.25) is 4.90 Å². The average molecular weight is 275 g/mol. The van der Waals surface area contributed by atoms with Crippen molar-refractivity contribution in [3.8, 4) is 0 Å². The van der Waals surface area contributed by atoms with Gasteiger partial charge in [0.05, 0.1) is 0 Å². The van der Waals surface area contributed by atoms with E-state index in [1.165, 1.54) is 5.56 Å². The number of hydrogen-bond acceptors (Lipinski definition) is 2. The summed E-state index contributed by atoms with van der Waals surface area (Å²) < 4.78 is 0. The lowest BCUT2D eigenvalue weighted by molar-refractivity contribution is 0.166. The molecule has 0 bridgehead atoms. The number of benzene rings is 1. The smallest absolute Gasteiger partial charge is 0.0406 e. The standard InChI is InChI=1S/C13H19ClN2.ClH/c1-10-7-16(8-11(2)15-10)9-12-3-5-13(14)6-4-12;/h3-6,10-11,15H,7-9H2,1-2H3;1H. The molecule has 0 saturated carbocycles. The molecule has 1 fully saturated rings. The summed E-state index contributed by atoms with van der Waals surface area (Å²) in [5.74, 6) is 0. The Bertz CT molecular complexity index is 330. The highest BCUT2D eigenvalue weighted by atomic mass is 35.5. The van der Waals surface area contributed by atoms with E-state index in [0.717, 1.165) is 24.7 Å². The zero-order chi connectivity index (χ0) is 11.5. The number of piperazine rings is 1. The summed E-state index contributed by atoms with van der Waals surface area (Å²) >= 11 is 5.88. The fraction of sp³-hybridized carbons (Fsp3) is 0.538. The van der Waals surface area contributed by atoms with Gasteiger partial charge in [-0.2, -0.15) is 0 Å². The zero-order valence-electron chi connectivity index (χ0n) is 10.3. The lowest BCUT2D eigenvalue weighted by Gasteiger charge is -2.36. The predicted molar refractivity (Wildman–Crippen MR) is 76.0 cm³/mol. The van der Waals surface area contributed by atoms with Crippen LogP contribution in [0.15, 0.2) is 24.3 Å².